The molecule has 1 saturated heterocycles. The number of hydrogen-bond acceptors (Lipinski definition) is 0. The first kappa shape index (κ1) is 13.1. The molecule has 2 heteroatoms. The molecule has 0 bridgehead atoms. The molecule has 1 fully saturated rings. The molecule has 1 spiro atoms. The zero-order valence-electron chi connectivity index (χ0n) is 10.8. The highest BCUT2D eigenvalue weighted by molar-refractivity contribution is 5.28. The maximum Gasteiger partial charge on any atom is 0.105 e. The highest BCUT2D eigenvalue weighted by atomic mass is 79.9. The highest BCUT2D eigenvalue weighted by Gasteiger charge is 2.41. The molecular weight excluding hydrogens is 274 g/mol. The van der Waals surface area contributed by atoms with E-state index < -0.39 is 0 Å². The Bertz CT molecular complexity index is 365. The van der Waals surface area contributed by atoms with Gasteiger partial charge in [0, 0.05) is 23.0 Å². The number of hydrogen-bond donors (Lipinski definition) is 0. The first-order valence-electron chi connectivity index (χ1n) is 6.59. The van der Waals surface area contributed by atoms with Gasteiger partial charge in [-0.2, -0.15) is 0 Å². The summed E-state index contributed by atoms with van der Waals surface area (Å²) < 4.78 is 1.34. The Hall–Kier alpha value is -0.340. The van der Waals surface area contributed by atoms with Crippen molar-refractivity contribution in [3.8, 4) is 0 Å². The Morgan fingerprint density at radius 1 is 0.941 bits per heavy atom. The van der Waals surface area contributed by atoms with Crippen LogP contribution in [0.2, 0.25) is 0 Å². The molecule has 0 amide bonds. The number of rotatable bonds is 0. The van der Waals surface area contributed by atoms with Crippen LogP contribution in [0.15, 0.2) is 24.3 Å². The predicted molar refractivity (Wildman–Crippen MR) is 66.8 cm³/mol. The van der Waals surface area contributed by atoms with Crippen molar-refractivity contribution in [3.63, 3.8) is 0 Å². The minimum atomic E-state index is 0. The lowest BCUT2D eigenvalue weighted by Gasteiger charge is -2.43. The standard InChI is InChI=1S/C15H22N.BrH/c1-12-7-13(2)9-16(8-12)10-14-5-3-4-6-15(14)11-16;/h3-6,12-13H,7-11H2,1-2H3;1H/q+1;/p-1. The molecule has 3 rings (SSSR count). The molecule has 17 heavy (non-hydrogen) atoms. The fourth-order valence-corrected chi connectivity index (χ4v) is 4.14. The van der Waals surface area contributed by atoms with Crippen LogP contribution in [0.4, 0.5) is 0 Å². The summed E-state index contributed by atoms with van der Waals surface area (Å²) in [6.45, 7) is 10.2. The van der Waals surface area contributed by atoms with Gasteiger partial charge in [-0.1, -0.05) is 38.1 Å². The Kier molecular flexibility index (Phi) is 3.65. The first-order valence-corrected chi connectivity index (χ1v) is 6.59. The van der Waals surface area contributed by atoms with Gasteiger partial charge >= 0.3 is 0 Å². The van der Waals surface area contributed by atoms with E-state index in [0.717, 1.165) is 11.8 Å². The molecule has 2 heterocycles. The number of benzene rings is 1. The van der Waals surface area contributed by atoms with Crippen molar-refractivity contribution in [2.24, 2.45) is 11.8 Å². The lowest BCUT2D eigenvalue weighted by molar-refractivity contribution is -0.957. The zero-order chi connectivity index (χ0) is 11.2. The summed E-state index contributed by atoms with van der Waals surface area (Å²) in [4.78, 5) is 0. The van der Waals surface area contributed by atoms with Crippen molar-refractivity contribution in [2.75, 3.05) is 13.1 Å². The summed E-state index contributed by atoms with van der Waals surface area (Å²) in [6.07, 6.45) is 1.43. The van der Waals surface area contributed by atoms with E-state index >= 15 is 0 Å². The second-order valence-corrected chi connectivity index (χ2v) is 6.24. The van der Waals surface area contributed by atoms with Gasteiger partial charge in [0.2, 0.25) is 0 Å². The van der Waals surface area contributed by atoms with Crippen LogP contribution in [0.25, 0.3) is 0 Å². The van der Waals surface area contributed by atoms with Gasteiger partial charge in [-0.15, -0.1) is 0 Å². The molecule has 0 N–H and O–H groups in total. The van der Waals surface area contributed by atoms with Gasteiger partial charge < -0.3 is 21.5 Å². The van der Waals surface area contributed by atoms with Crippen molar-refractivity contribution in [1.82, 2.24) is 0 Å². The van der Waals surface area contributed by atoms with E-state index in [9.17, 15) is 0 Å². The summed E-state index contributed by atoms with van der Waals surface area (Å²) in [5.41, 5.74) is 3.20. The fourth-order valence-electron chi connectivity index (χ4n) is 4.14. The molecule has 2 aliphatic heterocycles. The highest BCUT2D eigenvalue weighted by Crippen LogP contribution is 2.36. The summed E-state index contributed by atoms with van der Waals surface area (Å²) in [7, 11) is 0. The SMILES string of the molecule is CC1CC(C)C[N+]2(Cc3ccccc3C2)C1.[Br-]. The van der Waals surface area contributed by atoms with Crippen LogP contribution >= 0.6 is 0 Å². The van der Waals surface area contributed by atoms with Gasteiger partial charge in [0.15, 0.2) is 0 Å². The third-order valence-electron chi connectivity index (χ3n) is 4.33. The first-order chi connectivity index (χ1) is 7.67. The van der Waals surface area contributed by atoms with Crippen molar-refractivity contribution in [3.05, 3.63) is 35.4 Å². The summed E-state index contributed by atoms with van der Waals surface area (Å²) in [5.74, 6) is 1.80. The second kappa shape index (κ2) is 4.74. The van der Waals surface area contributed by atoms with Gasteiger partial charge in [-0.05, 0) is 6.42 Å². The summed E-state index contributed by atoms with van der Waals surface area (Å²) in [6, 6.07) is 9.04. The van der Waals surface area contributed by atoms with Gasteiger partial charge in [-0.25, -0.2) is 0 Å². The van der Waals surface area contributed by atoms with Gasteiger partial charge in [0.25, 0.3) is 0 Å². The van der Waals surface area contributed by atoms with E-state index in [1.54, 1.807) is 11.1 Å². The van der Waals surface area contributed by atoms with E-state index in [4.69, 9.17) is 0 Å². The van der Waals surface area contributed by atoms with Gasteiger partial charge in [-0.3, -0.25) is 0 Å². The number of piperidine rings is 1. The van der Waals surface area contributed by atoms with Crippen molar-refractivity contribution in [2.45, 2.75) is 33.4 Å². The van der Waals surface area contributed by atoms with Gasteiger partial charge in [0.1, 0.15) is 13.1 Å². The number of quaternary nitrogens is 1. The monoisotopic (exact) mass is 295 g/mol. The molecule has 0 saturated carbocycles. The molecule has 2 unspecified atom stereocenters. The molecular formula is C15H22BrN. The lowest BCUT2D eigenvalue weighted by atomic mass is 9.90. The third-order valence-corrected chi connectivity index (χ3v) is 4.33. The molecule has 1 aromatic rings. The molecule has 0 aromatic heterocycles. The minimum Gasteiger partial charge on any atom is -1.00 e. The Balaban J connectivity index is 0.00000108. The molecule has 1 nitrogen and oxygen atoms in total. The molecule has 0 aliphatic carbocycles. The number of fused-ring (bicyclic) bond motifs is 1. The quantitative estimate of drug-likeness (QED) is 0.600. The van der Waals surface area contributed by atoms with Crippen LogP contribution < -0.4 is 17.0 Å². The Labute approximate surface area is 115 Å². The average Bonchev–Trinajstić information content (AvgIpc) is 2.52. The van der Waals surface area contributed by atoms with Crippen molar-refractivity contribution in [1.29, 1.82) is 0 Å². The van der Waals surface area contributed by atoms with Crippen molar-refractivity contribution >= 4 is 0 Å². The van der Waals surface area contributed by atoms with E-state index in [2.05, 4.69) is 38.1 Å². The van der Waals surface area contributed by atoms with Gasteiger partial charge in [0.05, 0.1) is 13.1 Å². The van der Waals surface area contributed by atoms with E-state index in [1.807, 2.05) is 0 Å². The second-order valence-electron chi connectivity index (χ2n) is 6.24. The molecule has 2 atom stereocenters. The molecule has 1 aromatic carbocycles. The van der Waals surface area contributed by atoms with Crippen LogP contribution in [-0.4, -0.2) is 17.6 Å². The normalized spacial score (nSPS) is 29.8. The predicted octanol–water partition coefficient (Wildman–Crippen LogP) is 0.197. The Morgan fingerprint density at radius 3 is 1.88 bits per heavy atom. The lowest BCUT2D eigenvalue weighted by Crippen LogP contribution is -3.00. The number of nitrogens with zero attached hydrogens (tertiary/aromatic N) is 1. The topological polar surface area (TPSA) is 0 Å². The van der Waals surface area contributed by atoms with Crippen molar-refractivity contribution < 1.29 is 21.5 Å². The largest absolute Gasteiger partial charge is 1.00 e. The molecule has 0 radical (unpaired) electrons. The van der Waals surface area contributed by atoms with Crippen LogP contribution in [0, 0.1) is 11.8 Å². The average molecular weight is 296 g/mol. The van der Waals surface area contributed by atoms with E-state index in [1.165, 1.54) is 37.1 Å². The number of halogens is 1. The maximum atomic E-state index is 2.43. The van der Waals surface area contributed by atoms with Crippen LogP contribution in [0.5, 0.6) is 0 Å². The van der Waals surface area contributed by atoms with Crippen LogP contribution in [0.1, 0.15) is 31.4 Å². The summed E-state index contributed by atoms with van der Waals surface area (Å²) in [5, 5.41) is 0. The maximum absolute atomic E-state index is 2.43. The third kappa shape index (κ3) is 2.43. The molecule has 94 valence electrons. The van der Waals surface area contributed by atoms with Crippen LogP contribution in [-0.2, 0) is 13.1 Å². The minimum absolute atomic E-state index is 0. The summed E-state index contributed by atoms with van der Waals surface area (Å²) >= 11 is 0. The smallest absolute Gasteiger partial charge is 0.105 e. The van der Waals surface area contributed by atoms with Crippen LogP contribution in [0.3, 0.4) is 0 Å². The zero-order valence-corrected chi connectivity index (χ0v) is 12.4. The van der Waals surface area contributed by atoms with E-state index in [-0.39, 0.29) is 17.0 Å². The Morgan fingerprint density at radius 2 is 1.41 bits per heavy atom. The fraction of sp³-hybridized carbons (Fsp3) is 0.600. The van der Waals surface area contributed by atoms with E-state index in [0.29, 0.717) is 0 Å². The molecule has 2 aliphatic rings.